The van der Waals surface area contributed by atoms with Crippen LogP contribution in [0.15, 0.2) is 103 Å². The fourth-order valence-corrected chi connectivity index (χ4v) is 6.72. The summed E-state index contributed by atoms with van der Waals surface area (Å²) in [7, 11) is 1.22. The summed E-state index contributed by atoms with van der Waals surface area (Å²) in [6.45, 7) is 18.3. The van der Waals surface area contributed by atoms with Crippen LogP contribution >= 0.6 is 0 Å². The fraction of sp³-hybridized carbons (Fsp3) is 0.400. The zero-order chi connectivity index (χ0) is 47.6. The third kappa shape index (κ3) is 16.3. The van der Waals surface area contributed by atoms with Crippen molar-refractivity contribution in [3.8, 4) is 22.6 Å². The van der Waals surface area contributed by atoms with Gasteiger partial charge in [-0.3, -0.25) is 14.9 Å². The molecule has 0 saturated carbocycles. The molecule has 4 aromatic rings. The van der Waals surface area contributed by atoms with Crippen molar-refractivity contribution in [2.45, 2.75) is 103 Å². The summed E-state index contributed by atoms with van der Waals surface area (Å²) < 4.78 is 28.1. The molecule has 0 aliphatic heterocycles. The van der Waals surface area contributed by atoms with Crippen LogP contribution in [0.5, 0.6) is 11.5 Å². The van der Waals surface area contributed by atoms with Gasteiger partial charge in [-0.2, -0.15) is 0 Å². The number of rotatable bonds is 20. The fourth-order valence-electron chi connectivity index (χ4n) is 6.72. The van der Waals surface area contributed by atoms with Gasteiger partial charge in [0.05, 0.1) is 13.7 Å². The van der Waals surface area contributed by atoms with E-state index in [0.717, 1.165) is 32.7 Å². The number of amides is 4. The van der Waals surface area contributed by atoms with Gasteiger partial charge in [0.15, 0.2) is 0 Å². The molecular weight excluding hydrogens is 831 g/mol. The number of carbonyl (C=O) groups is 5. The van der Waals surface area contributed by atoms with Gasteiger partial charge in [0, 0.05) is 24.1 Å². The van der Waals surface area contributed by atoms with Crippen LogP contribution in [0.2, 0.25) is 0 Å². The number of fused-ring (bicyclic) bond motifs is 2. The molecule has 15 nitrogen and oxygen atoms in total. The highest BCUT2D eigenvalue weighted by atomic mass is 16.6. The minimum atomic E-state index is -1.03. The van der Waals surface area contributed by atoms with E-state index in [1.165, 1.54) is 13.2 Å². The Morgan fingerprint density at radius 3 is 1.88 bits per heavy atom. The number of unbranched alkanes of at least 4 members (excludes halogenated alkanes) is 1. The molecule has 0 aliphatic carbocycles. The molecule has 0 radical (unpaired) electrons. The number of benzene rings is 4. The molecule has 0 heterocycles. The Labute approximate surface area is 381 Å². The van der Waals surface area contributed by atoms with Crippen molar-refractivity contribution in [1.82, 2.24) is 21.3 Å². The molecule has 0 bridgehead atoms. The van der Waals surface area contributed by atoms with Crippen LogP contribution < -0.4 is 30.7 Å². The molecule has 0 saturated heterocycles. The smallest absolute Gasteiger partial charge is 0.437 e. The van der Waals surface area contributed by atoms with E-state index in [0.29, 0.717) is 37.4 Å². The summed E-state index contributed by atoms with van der Waals surface area (Å²) in [4.78, 5) is 68.5. The standard InChI is InChI=1S/C50H63N5O10/c1-10-19-38(45(58)61-9)53-44(57)37(24-16-17-30-51-46(54-47(59)64-49(3,4)5)55-48(60)65-50(6,7)8)52-41(56)25-18-32-63-40-29-27-34-21-13-15-23-36(34)43(40)42-35-22-14-12-20-33(35)26-28-39(42)62-31-11-2/h10-15,20-23,26-29,37-38H,1-2,16-19,24-25,30-32H2,3-9H3,(H,52,56)(H,53,57)(H2,51,54,55,59,60)/t37-,38+/m1/s1. The Hall–Kier alpha value is -6.90. The minimum absolute atomic E-state index is 0.0319. The van der Waals surface area contributed by atoms with Gasteiger partial charge in [0.25, 0.3) is 0 Å². The van der Waals surface area contributed by atoms with Crippen molar-refractivity contribution >= 4 is 57.5 Å². The Balaban J connectivity index is 1.47. The van der Waals surface area contributed by atoms with Crippen LogP contribution in [0.4, 0.5) is 9.59 Å². The number of hydrogen-bond acceptors (Lipinski definition) is 10. The first-order valence-electron chi connectivity index (χ1n) is 21.7. The SMILES string of the molecule is C=CCOc1ccc2ccccc2c1-c1c(OCCCC(=O)N[C@H](CCCCN/C(=N/C(=O)OC(C)(C)C)NC(=O)OC(C)(C)C)C(=O)N[C@@H](CC=C)C(=O)OC)ccc2ccccc12. The number of ether oxygens (including phenoxy) is 5. The van der Waals surface area contributed by atoms with Crippen LogP contribution in [0.3, 0.4) is 0 Å². The molecule has 348 valence electrons. The second-order valence-corrected chi connectivity index (χ2v) is 17.1. The molecule has 0 aromatic heterocycles. The Bertz CT molecular complexity index is 2350. The van der Waals surface area contributed by atoms with Gasteiger partial charge in [-0.25, -0.2) is 14.4 Å². The maximum absolute atomic E-state index is 13.7. The number of nitrogens with one attached hydrogen (secondary N) is 4. The number of carbonyl (C=O) groups excluding carboxylic acids is 5. The Morgan fingerprint density at radius 2 is 1.31 bits per heavy atom. The first-order chi connectivity index (χ1) is 30.9. The van der Waals surface area contributed by atoms with Crippen molar-refractivity contribution in [1.29, 1.82) is 0 Å². The average molecular weight is 894 g/mol. The van der Waals surface area contributed by atoms with Gasteiger partial charge in [0.1, 0.15) is 41.4 Å². The predicted molar refractivity (Wildman–Crippen MR) is 253 cm³/mol. The maximum Gasteiger partial charge on any atom is 0.437 e. The van der Waals surface area contributed by atoms with Gasteiger partial charge in [0.2, 0.25) is 17.8 Å². The highest BCUT2D eigenvalue weighted by molar-refractivity contribution is 6.09. The number of methoxy groups -OCH3 is 1. The lowest BCUT2D eigenvalue weighted by molar-refractivity contribution is -0.145. The Morgan fingerprint density at radius 1 is 0.708 bits per heavy atom. The Kier molecular flexibility index (Phi) is 18.9. The summed E-state index contributed by atoms with van der Waals surface area (Å²) >= 11 is 0. The lowest BCUT2D eigenvalue weighted by Gasteiger charge is -2.22. The van der Waals surface area contributed by atoms with Crippen LogP contribution in [-0.2, 0) is 28.6 Å². The van der Waals surface area contributed by atoms with Crippen LogP contribution in [-0.4, -0.2) is 86.1 Å². The predicted octanol–water partition coefficient (Wildman–Crippen LogP) is 8.68. The molecule has 0 unspecified atom stereocenters. The van der Waals surface area contributed by atoms with Gasteiger partial charge in [-0.05, 0) is 107 Å². The van der Waals surface area contributed by atoms with E-state index in [-0.39, 0.29) is 38.4 Å². The number of hydrogen-bond donors (Lipinski definition) is 4. The third-order valence-corrected chi connectivity index (χ3v) is 9.48. The molecular formula is C50H63N5O10. The normalized spacial score (nSPS) is 12.6. The minimum Gasteiger partial charge on any atom is -0.493 e. The molecule has 15 heteroatoms. The van der Waals surface area contributed by atoms with Crippen LogP contribution in [0.25, 0.3) is 32.7 Å². The number of guanidine groups is 1. The molecule has 0 aliphatic rings. The quantitative estimate of drug-likeness (QED) is 0.0166. The molecule has 4 aromatic carbocycles. The van der Waals surface area contributed by atoms with E-state index in [9.17, 15) is 24.0 Å². The van der Waals surface area contributed by atoms with E-state index in [4.69, 9.17) is 23.7 Å². The second-order valence-electron chi connectivity index (χ2n) is 17.1. The van der Waals surface area contributed by atoms with Gasteiger partial charge >= 0.3 is 18.2 Å². The topological polar surface area (TPSA) is 192 Å². The third-order valence-electron chi connectivity index (χ3n) is 9.48. The van der Waals surface area contributed by atoms with Crippen molar-refractivity contribution in [3.63, 3.8) is 0 Å². The number of esters is 1. The van der Waals surface area contributed by atoms with Gasteiger partial charge in [-0.1, -0.05) is 79.4 Å². The summed E-state index contributed by atoms with van der Waals surface area (Å²) in [6.07, 6.45) is 2.87. The first kappa shape index (κ1) is 50.7. The van der Waals surface area contributed by atoms with Crippen molar-refractivity contribution in [2.75, 3.05) is 26.9 Å². The highest BCUT2D eigenvalue weighted by Crippen LogP contribution is 2.45. The van der Waals surface area contributed by atoms with Crippen molar-refractivity contribution in [3.05, 3.63) is 98.1 Å². The molecule has 0 spiro atoms. The summed E-state index contributed by atoms with van der Waals surface area (Å²) in [6, 6.07) is 22.0. The number of aliphatic imine (C=N–C) groups is 1. The van der Waals surface area contributed by atoms with E-state index in [2.05, 4.69) is 45.5 Å². The molecule has 4 N–H and O–H groups in total. The van der Waals surface area contributed by atoms with Gasteiger partial charge < -0.3 is 39.6 Å². The molecule has 4 amide bonds. The molecule has 65 heavy (non-hydrogen) atoms. The molecule has 2 atom stereocenters. The zero-order valence-electron chi connectivity index (χ0n) is 38.5. The van der Waals surface area contributed by atoms with Crippen LogP contribution in [0.1, 0.15) is 80.1 Å². The lowest BCUT2D eigenvalue weighted by atomic mass is 9.92. The first-order valence-corrected chi connectivity index (χ1v) is 21.7. The van der Waals surface area contributed by atoms with E-state index in [1.807, 2.05) is 66.7 Å². The van der Waals surface area contributed by atoms with Gasteiger partial charge in [-0.15, -0.1) is 11.6 Å². The van der Waals surface area contributed by atoms with Crippen molar-refractivity contribution in [2.24, 2.45) is 4.99 Å². The van der Waals surface area contributed by atoms with Crippen LogP contribution in [0, 0.1) is 0 Å². The highest BCUT2D eigenvalue weighted by Gasteiger charge is 2.27. The van der Waals surface area contributed by atoms with Crippen molar-refractivity contribution < 1.29 is 47.7 Å². The van der Waals surface area contributed by atoms with E-state index < -0.39 is 53.3 Å². The maximum atomic E-state index is 13.7. The molecule has 0 fully saturated rings. The summed E-state index contributed by atoms with van der Waals surface area (Å²) in [5.74, 6) is -0.520. The number of alkyl carbamates (subject to hydrolysis) is 1. The number of nitrogens with zero attached hydrogens (tertiary/aromatic N) is 1. The zero-order valence-corrected chi connectivity index (χ0v) is 38.5. The molecule has 4 rings (SSSR count). The average Bonchev–Trinajstić information content (AvgIpc) is 3.24. The largest absolute Gasteiger partial charge is 0.493 e. The summed E-state index contributed by atoms with van der Waals surface area (Å²) in [5, 5.41) is 14.9. The van der Waals surface area contributed by atoms with E-state index in [1.54, 1.807) is 47.6 Å². The monoisotopic (exact) mass is 893 g/mol. The van der Waals surface area contributed by atoms with E-state index >= 15 is 0 Å². The lowest BCUT2D eigenvalue weighted by Crippen LogP contribution is -2.51. The summed E-state index contributed by atoms with van der Waals surface area (Å²) in [5.41, 5.74) is 0.106. The second kappa shape index (κ2) is 24.2.